The van der Waals surface area contributed by atoms with Crippen LogP contribution in [0.15, 0.2) is 79.0 Å². The molecule has 4 N–H and O–H groups in total. The Hall–Kier alpha value is -3.18. The van der Waals surface area contributed by atoms with Gasteiger partial charge in [0.05, 0.1) is 5.56 Å². The summed E-state index contributed by atoms with van der Waals surface area (Å²) in [5, 5.41) is 0. The van der Waals surface area contributed by atoms with Gasteiger partial charge in [-0.15, -0.1) is 0 Å². The number of amides is 1. The molecule has 0 aliphatic carbocycles. The van der Waals surface area contributed by atoms with E-state index in [1.165, 1.54) is 11.1 Å². The molecule has 5 nitrogen and oxygen atoms in total. The molecule has 2 aromatic carbocycles. The Labute approximate surface area is 165 Å². The molecule has 4 rings (SSSR count). The summed E-state index contributed by atoms with van der Waals surface area (Å²) in [6, 6.07) is 25.6. The van der Waals surface area contributed by atoms with Crippen LogP contribution >= 0.6 is 0 Å². The Bertz CT molecular complexity index is 865. The van der Waals surface area contributed by atoms with Gasteiger partial charge in [0.25, 0.3) is 11.7 Å². The number of pyridine rings is 1. The largest absolute Gasteiger partial charge is 0.365 e. The standard InChI is InChI=1S/C23H24N4O/c24-23(28)20-11-12-21(25-17-20)26-13-15-27(16-14-26)22(18-7-3-1-4-8-18)19-9-5-2-6-10-19/h1-12,17,22H,13-16H2,(H2,24,28)/p+2. The summed E-state index contributed by atoms with van der Waals surface area (Å²) >= 11 is 0. The summed E-state index contributed by atoms with van der Waals surface area (Å²) in [6.45, 7) is 4.00. The van der Waals surface area contributed by atoms with E-state index in [1.807, 2.05) is 6.07 Å². The van der Waals surface area contributed by atoms with Crippen LogP contribution in [-0.2, 0) is 0 Å². The Balaban J connectivity index is 1.51. The van der Waals surface area contributed by atoms with Crippen molar-refractivity contribution in [3.05, 3.63) is 95.7 Å². The Morgan fingerprint density at radius 1 is 0.893 bits per heavy atom. The molecule has 0 spiro atoms. The SMILES string of the molecule is NC(=O)c1ccc(N2CC[NH+](C(c3ccccc3)c3ccccc3)CC2)[nH+]c1. The first kappa shape index (κ1) is 18.2. The number of piperazine rings is 1. The van der Waals surface area contributed by atoms with Gasteiger partial charge in [-0.2, -0.15) is 0 Å². The minimum Gasteiger partial charge on any atom is -0.365 e. The number of hydrogen-bond donors (Lipinski definition) is 2. The second-order valence-electron chi connectivity index (χ2n) is 7.23. The predicted molar refractivity (Wildman–Crippen MR) is 109 cm³/mol. The lowest BCUT2D eigenvalue weighted by atomic mass is 9.96. The van der Waals surface area contributed by atoms with Gasteiger partial charge in [-0.1, -0.05) is 60.7 Å². The van der Waals surface area contributed by atoms with Gasteiger partial charge >= 0.3 is 0 Å². The number of nitrogens with zero attached hydrogens (tertiary/aromatic N) is 1. The fraction of sp³-hybridized carbons (Fsp3) is 0.217. The lowest BCUT2D eigenvalue weighted by Gasteiger charge is -2.34. The van der Waals surface area contributed by atoms with Crippen LogP contribution in [0.5, 0.6) is 0 Å². The second kappa shape index (κ2) is 8.23. The van der Waals surface area contributed by atoms with Crippen molar-refractivity contribution in [3.8, 4) is 0 Å². The number of H-pyrrole nitrogens is 1. The third-order valence-corrected chi connectivity index (χ3v) is 5.50. The van der Waals surface area contributed by atoms with Gasteiger partial charge in [0, 0.05) is 17.2 Å². The van der Waals surface area contributed by atoms with Crippen LogP contribution in [0.4, 0.5) is 5.82 Å². The maximum atomic E-state index is 11.3. The van der Waals surface area contributed by atoms with E-state index in [1.54, 1.807) is 17.2 Å². The van der Waals surface area contributed by atoms with Gasteiger partial charge in [0.2, 0.25) is 0 Å². The molecule has 1 aromatic heterocycles. The number of rotatable bonds is 5. The van der Waals surface area contributed by atoms with Crippen LogP contribution < -0.4 is 20.5 Å². The minimum atomic E-state index is -0.411. The van der Waals surface area contributed by atoms with Gasteiger partial charge in [0.1, 0.15) is 38.4 Å². The van der Waals surface area contributed by atoms with Crippen molar-refractivity contribution in [3.63, 3.8) is 0 Å². The average molecular weight is 374 g/mol. The highest BCUT2D eigenvalue weighted by Gasteiger charge is 2.33. The molecule has 2 heterocycles. The molecule has 5 heteroatoms. The van der Waals surface area contributed by atoms with Crippen molar-refractivity contribution >= 4 is 11.7 Å². The van der Waals surface area contributed by atoms with Gasteiger partial charge in [-0.05, 0) is 6.07 Å². The van der Waals surface area contributed by atoms with E-state index in [0.717, 1.165) is 32.0 Å². The zero-order valence-corrected chi connectivity index (χ0v) is 15.8. The molecular weight excluding hydrogens is 348 g/mol. The lowest BCUT2D eigenvalue weighted by Crippen LogP contribution is -3.15. The molecule has 1 aliphatic rings. The molecule has 0 atom stereocenters. The maximum absolute atomic E-state index is 11.3. The van der Waals surface area contributed by atoms with E-state index >= 15 is 0 Å². The zero-order valence-electron chi connectivity index (χ0n) is 15.8. The fourth-order valence-electron chi connectivity index (χ4n) is 4.04. The molecule has 0 bridgehead atoms. The van der Waals surface area contributed by atoms with E-state index in [9.17, 15) is 4.79 Å². The number of quaternary nitrogens is 1. The maximum Gasteiger partial charge on any atom is 0.274 e. The molecule has 0 saturated carbocycles. The molecule has 3 aromatic rings. The summed E-state index contributed by atoms with van der Waals surface area (Å²) in [4.78, 5) is 18.4. The number of carbonyl (C=O) groups excluding carboxylic acids is 1. The lowest BCUT2D eigenvalue weighted by molar-refractivity contribution is -0.926. The summed E-state index contributed by atoms with van der Waals surface area (Å²) in [7, 11) is 0. The fourth-order valence-corrected chi connectivity index (χ4v) is 4.04. The molecule has 0 unspecified atom stereocenters. The van der Waals surface area contributed by atoms with Crippen LogP contribution in [-0.4, -0.2) is 32.1 Å². The molecule has 142 valence electrons. The van der Waals surface area contributed by atoms with Gasteiger partial charge in [-0.3, -0.25) is 9.69 Å². The van der Waals surface area contributed by atoms with Crippen LogP contribution in [0.3, 0.4) is 0 Å². The number of primary amides is 1. The van der Waals surface area contributed by atoms with Crippen molar-refractivity contribution in [2.24, 2.45) is 5.73 Å². The van der Waals surface area contributed by atoms with Crippen molar-refractivity contribution in [1.82, 2.24) is 0 Å². The molecular formula is C23H26N4O+2. The normalized spacial score (nSPS) is 15.0. The van der Waals surface area contributed by atoms with Crippen LogP contribution in [0, 0.1) is 0 Å². The molecule has 28 heavy (non-hydrogen) atoms. The number of anilines is 1. The Morgan fingerprint density at radius 2 is 1.46 bits per heavy atom. The van der Waals surface area contributed by atoms with E-state index in [2.05, 4.69) is 70.5 Å². The van der Waals surface area contributed by atoms with E-state index in [0.29, 0.717) is 11.6 Å². The van der Waals surface area contributed by atoms with Gasteiger partial charge in [0.15, 0.2) is 0 Å². The Morgan fingerprint density at radius 3 is 1.93 bits per heavy atom. The molecule has 1 aliphatic heterocycles. The summed E-state index contributed by atoms with van der Waals surface area (Å²) in [5.41, 5.74) is 8.54. The molecule has 0 radical (unpaired) electrons. The monoisotopic (exact) mass is 374 g/mol. The average Bonchev–Trinajstić information content (AvgIpc) is 2.76. The first-order valence-corrected chi connectivity index (χ1v) is 9.73. The first-order chi connectivity index (χ1) is 13.7. The highest BCUT2D eigenvalue weighted by molar-refractivity contribution is 5.92. The highest BCUT2D eigenvalue weighted by atomic mass is 16.1. The molecule has 1 amide bonds. The summed E-state index contributed by atoms with van der Waals surface area (Å²) in [6.07, 6.45) is 1.69. The number of aromatic amines is 1. The second-order valence-corrected chi connectivity index (χ2v) is 7.23. The number of carbonyl (C=O) groups is 1. The third-order valence-electron chi connectivity index (χ3n) is 5.50. The van der Waals surface area contributed by atoms with Crippen molar-refractivity contribution in [2.75, 3.05) is 31.1 Å². The molecule has 1 fully saturated rings. The number of benzene rings is 2. The first-order valence-electron chi connectivity index (χ1n) is 9.73. The number of nitrogens with one attached hydrogen (secondary N) is 2. The van der Waals surface area contributed by atoms with Crippen molar-refractivity contribution < 1.29 is 14.7 Å². The quantitative estimate of drug-likeness (QED) is 0.702. The summed E-state index contributed by atoms with van der Waals surface area (Å²) in [5.74, 6) is 0.616. The number of hydrogen-bond acceptors (Lipinski definition) is 2. The van der Waals surface area contributed by atoms with Crippen molar-refractivity contribution in [2.45, 2.75) is 6.04 Å². The minimum absolute atomic E-state index is 0.339. The van der Waals surface area contributed by atoms with Crippen LogP contribution in [0.2, 0.25) is 0 Å². The number of aromatic nitrogens is 1. The third kappa shape index (κ3) is 3.89. The summed E-state index contributed by atoms with van der Waals surface area (Å²) < 4.78 is 0. The van der Waals surface area contributed by atoms with Crippen LogP contribution in [0.25, 0.3) is 0 Å². The van der Waals surface area contributed by atoms with Gasteiger partial charge < -0.3 is 10.6 Å². The smallest absolute Gasteiger partial charge is 0.274 e. The number of nitrogens with two attached hydrogens (primary N) is 1. The predicted octanol–water partition coefficient (Wildman–Crippen LogP) is 1.09. The zero-order chi connectivity index (χ0) is 19.3. The van der Waals surface area contributed by atoms with Gasteiger partial charge in [-0.25, -0.2) is 4.98 Å². The van der Waals surface area contributed by atoms with Crippen LogP contribution in [0.1, 0.15) is 27.5 Å². The topological polar surface area (TPSA) is 64.9 Å². The molecule has 1 saturated heterocycles. The highest BCUT2D eigenvalue weighted by Crippen LogP contribution is 2.19. The van der Waals surface area contributed by atoms with Crippen molar-refractivity contribution in [1.29, 1.82) is 0 Å². The van der Waals surface area contributed by atoms with E-state index in [4.69, 9.17) is 5.73 Å². The Kier molecular flexibility index (Phi) is 5.35. The van der Waals surface area contributed by atoms with E-state index < -0.39 is 5.91 Å². The van der Waals surface area contributed by atoms with E-state index in [-0.39, 0.29) is 0 Å².